The second-order valence-electron chi connectivity index (χ2n) is 5.22. The summed E-state index contributed by atoms with van der Waals surface area (Å²) >= 11 is 11.8. The molecule has 0 bridgehead atoms. The van der Waals surface area contributed by atoms with E-state index in [0.717, 1.165) is 0 Å². The fourth-order valence-electron chi connectivity index (χ4n) is 1.95. The van der Waals surface area contributed by atoms with Gasteiger partial charge < -0.3 is 15.4 Å². The van der Waals surface area contributed by atoms with Gasteiger partial charge in [-0.2, -0.15) is 0 Å². The summed E-state index contributed by atoms with van der Waals surface area (Å²) in [5, 5.41) is 5.92. The molecule has 0 aliphatic carbocycles. The zero-order valence-electron chi connectivity index (χ0n) is 13.6. The maximum Gasteiger partial charge on any atom is 0.325 e. The van der Waals surface area contributed by atoms with Crippen LogP contribution >= 0.6 is 23.2 Å². The van der Waals surface area contributed by atoms with Crippen LogP contribution in [0.5, 0.6) is 0 Å². The Kier molecular flexibility index (Phi) is 7.44. The van der Waals surface area contributed by atoms with Gasteiger partial charge in [0, 0.05) is 22.2 Å². The molecule has 136 valence electrons. The van der Waals surface area contributed by atoms with Crippen molar-refractivity contribution in [3.63, 3.8) is 0 Å². The highest BCUT2D eigenvalue weighted by Gasteiger charge is 2.11. The van der Waals surface area contributed by atoms with Gasteiger partial charge in [-0.15, -0.1) is 0 Å². The number of carbonyl (C=O) groups excluding carboxylic acids is 3. The van der Waals surface area contributed by atoms with Crippen LogP contribution in [0.3, 0.4) is 0 Å². The number of rotatable bonds is 7. The molecular weight excluding hydrogens is 379 g/mol. The average Bonchev–Trinajstić information content (AvgIpc) is 2.64. The normalized spacial score (nSPS) is 10.1. The molecule has 0 unspecified atom stereocenters. The summed E-state index contributed by atoms with van der Waals surface area (Å²) in [7, 11) is 0. The molecule has 2 aromatic rings. The number of hydrogen-bond acceptors (Lipinski definition) is 4. The third kappa shape index (κ3) is 6.38. The topological polar surface area (TPSA) is 84.5 Å². The number of benzene rings is 2. The minimum absolute atomic E-state index is 0.178. The van der Waals surface area contributed by atoms with Crippen LogP contribution in [0.1, 0.15) is 15.9 Å². The highest BCUT2D eigenvalue weighted by atomic mass is 35.5. The van der Waals surface area contributed by atoms with Gasteiger partial charge in [0.15, 0.2) is 6.61 Å². The quantitative estimate of drug-likeness (QED) is 0.706. The predicted octanol–water partition coefficient (Wildman–Crippen LogP) is 2.58. The Balaban J connectivity index is 1.68. The molecule has 0 atom stereocenters. The smallest absolute Gasteiger partial charge is 0.325 e. The molecular formula is C18H16Cl2N2O4. The molecule has 2 amide bonds. The number of carbonyl (C=O) groups is 3. The van der Waals surface area contributed by atoms with Crippen molar-refractivity contribution in [3.05, 3.63) is 69.7 Å². The lowest BCUT2D eigenvalue weighted by Crippen LogP contribution is -2.33. The van der Waals surface area contributed by atoms with Gasteiger partial charge >= 0.3 is 5.97 Å². The number of halogens is 2. The van der Waals surface area contributed by atoms with Crippen molar-refractivity contribution in [3.8, 4) is 0 Å². The first kappa shape index (κ1) is 19.8. The Morgan fingerprint density at radius 1 is 0.962 bits per heavy atom. The summed E-state index contributed by atoms with van der Waals surface area (Å²) in [6, 6.07) is 13.4. The maximum absolute atomic E-state index is 11.8. The second-order valence-corrected chi connectivity index (χ2v) is 6.07. The summed E-state index contributed by atoms with van der Waals surface area (Å²) in [4.78, 5) is 35.1. The highest BCUT2D eigenvalue weighted by Crippen LogP contribution is 2.20. The fourth-order valence-corrected chi connectivity index (χ4v) is 2.43. The van der Waals surface area contributed by atoms with Crippen LogP contribution in [0, 0.1) is 0 Å². The Bertz CT molecular complexity index is 797. The van der Waals surface area contributed by atoms with Crippen molar-refractivity contribution in [1.82, 2.24) is 10.6 Å². The zero-order valence-corrected chi connectivity index (χ0v) is 15.1. The molecule has 6 nitrogen and oxygen atoms in total. The third-order valence-electron chi connectivity index (χ3n) is 3.28. The van der Waals surface area contributed by atoms with E-state index in [2.05, 4.69) is 10.6 Å². The van der Waals surface area contributed by atoms with Crippen LogP contribution in [-0.4, -0.2) is 30.9 Å². The summed E-state index contributed by atoms with van der Waals surface area (Å²) in [5.74, 6) is -1.60. The number of esters is 1. The molecule has 0 aliphatic heterocycles. The molecule has 0 aromatic heterocycles. The second kappa shape index (κ2) is 9.79. The van der Waals surface area contributed by atoms with Crippen LogP contribution in [0.25, 0.3) is 0 Å². The molecule has 0 spiro atoms. The molecule has 0 radical (unpaired) electrons. The Morgan fingerprint density at radius 2 is 1.69 bits per heavy atom. The molecule has 2 rings (SSSR count). The first-order valence-electron chi connectivity index (χ1n) is 7.65. The van der Waals surface area contributed by atoms with E-state index in [0.29, 0.717) is 21.2 Å². The lowest BCUT2D eigenvalue weighted by atomic mass is 10.2. The lowest BCUT2D eigenvalue weighted by Gasteiger charge is -2.09. The predicted molar refractivity (Wildman–Crippen MR) is 98.0 cm³/mol. The largest absolute Gasteiger partial charge is 0.454 e. The van der Waals surface area contributed by atoms with E-state index in [9.17, 15) is 14.4 Å². The molecule has 2 aromatic carbocycles. The average molecular weight is 395 g/mol. The zero-order chi connectivity index (χ0) is 18.9. The van der Waals surface area contributed by atoms with Gasteiger partial charge in [0.05, 0.1) is 0 Å². The van der Waals surface area contributed by atoms with E-state index in [1.54, 1.807) is 48.5 Å². The molecule has 0 fully saturated rings. The third-order valence-corrected chi connectivity index (χ3v) is 3.87. The standard InChI is InChI=1S/C18H16Cl2N2O4/c19-14-7-6-13(15(20)8-14)9-21-16(23)11-26-17(24)10-22-18(25)12-4-2-1-3-5-12/h1-8H,9-11H2,(H,21,23)(H,22,25). The molecule has 26 heavy (non-hydrogen) atoms. The van der Waals surface area contributed by atoms with Crippen molar-refractivity contribution in [2.75, 3.05) is 13.2 Å². The van der Waals surface area contributed by atoms with Crippen LogP contribution in [0.15, 0.2) is 48.5 Å². The van der Waals surface area contributed by atoms with E-state index in [4.69, 9.17) is 27.9 Å². The van der Waals surface area contributed by atoms with Crippen LogP contribution in [0.2, 0.25) is 10.0 Å². The minimum Gasteiger partial charge on any atom is -0.454 e. The van der Waals surface area contributed by atoms with Crippen molar-refractivity contribution >= 4 is 41.0 Å². The highest BCUT2D eigenvalue weighted by molar-refractivity contribution is 6.35. The molecule has 2 N–H and O–H groups in total. The Morgan fingerprint density at radius 3 is 2.38 bits per heavy atom. The van der Waals surface area contributed by atoms with Crippen molar-refractivity contribution in [2.24, 2.45) is 0 Å². The number of hydrogen-bond donors (Lipinski definition) is 2. The van der Waals surface area contributed by atoms with Crippen molar-refractivity contribution in [2.45, 2.75) is 6.54 Å². The van der Waals surface area contributed by atoms with Gasteiger partial charge in [-0.25, -0.2) is 0 Å². The molecule has 0 saturated carbocycles. The monoisotopic (exact) mass is 394 g/mol. The van der Waals surface area contributed by atoms with Crippen LogP contribution in [0.4, 0.5) is 0 Å². The molecule has 8 heteroatoms. The summed E-state index contributed by atoms with van der Waals surface area (Å²) in [6.45, 7) is -0.605. The summed E-state index contributed by atoms with van der Waals surface area (Å²) in [5.41, 5.74) is 1.11. The van der Waals surface area contributed by atoms with Gasteiger partial charge in [0.25, 0.3) is 11.8 Å². The van der Waals surface area contributed by atoms with Gasteiger partial charge in [-0.05, 0) is 29.8 Å². The first-order valence-corrected chi connectivity index (χ1v) is 8.41. The Labute approximate surface area is 160 Å². The van der Waals surface area contributed by atoms with Crippen molar-refractivity contribution < 1.29 is 19.1 Å². The number of ether oxygens (including phenoxy) is 1. The van der Waals surface area contributed by atoms with Crippen molar-refractivity contribution in [1.29, 1.82) is 0 Å². The van der Waals surface area contributed by atoms with E-state index in [1.165, 1.54) is 0 Å². The van der Waals surface area contributed by atoms with Crippen LogP contribution < -0.4 is 10.6 Å². The SMILES string of the molecule is O=C(COC(=O)CNC(=O)c1ccccc1)NCc1ccc(Cl)cc1Cl. The van der Waals surface area contributed by atoms with Gasteiger partial charge in [-0.3, -0.25) is 14.4 Å². The van der Waals surface area contributed by atoms with E-state index >= 15 is 0 Å². The van der Waals surface area contributed by atoms with E-state index < -0.39 is 24.4 Å². The first-order chi connectivity index (χ1) is 12.5. The summed E-state index contributed by atoms with van der Waals surface area (Å²) in [6.07, 6.45) is 0. The van der Waals surface area contributed by atoms with Gasteiger partial charge in [-0.1, -0.05) is 47.5 Å². The number of amides is 2. The van der Waals surface area contributed by atoms with Crippen LogP contribution in [-0.2, 0) is 20.9 Å². The number of nitrogens with one attached hydrogen (secondary N) is 2. The van der Waals surface area contributed by atoms with E-state index in [-0.39, 0.29) is 13.1 Å². The lowest BCUT2D eigenvalue weighted by molar-refractivity contribution is -0.147. The summed E-state index contributed by atoms with van der Waals surface area (Å²) < 4.78 is 4.81. The molecule has 0 aliphatic rings. The molecule has 0 heterocycles. The minimum atomic E-state index is -0.714. The van der Waals surface area contributed by atoms with E-state index in [1.807, 2.05) is 0 Å². The molecule has 0 saturated heterocycles. The van der Waals surface area contributed by atoms with Gasteiger partial charge in [0.1, 0.15) is 6.54 Å². The fraction of sp³-hybridized carbons (Fsp3) is 0.167. The maximum atomic E-state index is 11.8. The van der Waals surface area contributed by atoms with Gasteiger partial charge in [0.2, 0.25) is 0 Å². The Hall–Kier alpha value is -2.57.